The van der Waals surface area contributed by atoms with E-state index in [4.69, 9.17) is 0 Å². The molecule has 2 aromatic carbocycles. The van der Waals surface area contributed by atoms with Crippen LogP contribution < -0.4 is 5.06 Å². The van der Waals surface area contributed by atoms with Crippen molar-refractivity contribution in [3.63, 3.8) is 0 Å². The largest absolute Gasteiger partial charge is 0.288 e. The molecule has 0 aliphatic carbocycles. The van der Waals surface area contributed by atoms with E-state index < -0.39 is 0 Å². The van der Waals surface area contributed by atoms with Gasteiger partial charge in [0.1, 0.15) is 0 Å². The Morgan fingerprint density at radius 1 is 1.07 bits per heavy atom. The fraction of sp³-hybridized carbons (Fsp3) is 0.0769. The minimum Gasteiger partial charge on any atom is -0.288 e. The third-order valence-electron chi connectivity index (χ3n) is 2.16. The molecule has 15 heavy (non-hydrogen) atoms. The Hall–Kier alpha value is -1.80. The molecule has 0 aliphatic heterocycles. The highest BCUT2D eigenvalue weighted by Gasteiger charge is 2.02. The SMILES string of the molecule is ON(Cc1ccccc1)c1c[c]ccc1. The summed E-state index contributed by atoms with van der Waals surface area (Å²) in [5.74, 6) is 0. The number of benzene rings is 2. The number of hydrogen-bond acceptors (Lipinski definition) is 2. The molecule has 0 saturated carbocycles. The van der Waals surface area contributed by atoms with Gasteiger partial charge < -0.3 is 0 Å². The van der Waals surface area contributed by atoms with E-state index in [1.54, 1.807) is 12.1 Å². The lowest BCUT2D eigenvalue weighted by atomic mass is 10.2. The van der Waals surface area contributed by atoms with Crippen LogP contribution in [-0.2, 0) is 6.54 Å². The molecular formula is C13H12NO. The van der Waals surface area contributed by atoms with Gasteiger partial charge in [0.25, 0.3) is 0 Å². The molecule has 2 heteroatoms. The lowest BCUT2D eigenvalue weighted by Crippen LogP contribution is -2.16. The van der Waals surface area contributed by atoms with Crippen LogP contribution in [0.1, 0.15) is 5.56 Å². The zero-order chi connectivity index (χ0) is 10.5. The van der Waals surface area contributed by atoms with Crippen molar-refractivity contribution in [1.82, 2.24) is 0 Å². The van der Waals surface area contributed by atoms with Crippen LogP contribution in [-0.4, -0.2) is 5.21 Å². The third-order valence-corrected chi connectivity index (χ3v) is 2.16. The molecule has 0 aromatic heterocycles. The van der Waals surface area contributed by atoms with Crippen molar-refractivity contribution in [2.24, 2.45) is 0 Å². The van der Waals surface area contributed by atoms with E-state index >= 15 is 0 Å². The summed E-state index contributed by atoms with van der Waals surface area (Å²) in [7, 11) is 0. The first-order chi connectivity index (χ1) is 7.36. The molecule has 0 unspecified atom stereocenters. The molecule has 0 bridgehead atoms. The number of hydrogen-bond donors (Lipinski definition) is 1. The third kappa shape index (κ3) is 2.58. The number of anilines is 1. The van der Waals surface area contributed by atoms with Gasteiger partial charge in [0.15, 0.2) is 0 Å². The minimum absolute atomic E-state index is 0.485. The van der Waals surface area contributed by atoms with Gasteiger partial charge in [-0.15, -0.1) is 0 Å². The van der Waals surface area contributed by atoms with Crippen molar-refractivity contribution in [1.29, 1.82) is 0 Å². The molecule has 0 fully saturated rings. The van der Waals surface area contributed by atoms with Crippen molar-refractivity contribution >= 4 is 5.69 Å². The first-order valence-electron chi connectivity index (χ1n) is 4.83. The van der Waals surface area contributed by atoms with Gasteiger partial charge in [0.05, 0.1) is 12.2 Å². The minimum atomic E-state index is 0.485. The fourth-order valence-electron chi connectivity index (χ4n) is 1.39. The number of nitrogens with zero attached hydrogens (tertiary/aromatic N) is 1. The predicted molar refractivity (Wildman–Crippen MR) is 59.7 cm³/mol. The Morgan fingerprint density at radius 3 is 2.53 bits per heavy atom. The Kier molecular flexibility index (Phi) is 3.00. The molecule has 1 radical (unpaired) electrons. The van der Waals surface area contributed by atoms with Gasteiger partial charge in [-0.1, -0.05) is 42.5 Å². The maximum absolute atomic E-state index is 9.79. The average Bonchev–Trinajstić information content (AvgIpc) is 2.31. The molecule has 75 valence electrons. The van der Waals surface area contributed by atoms with Gasteiger partial charge >= 0.3 is 0 Å². The highest BCUT2D eigenvalue weighted by atomic mass is 16.5. The van der Waals surface area contributed by atoms with Gasteiger partial charge in [-0.25, -0.2) is 0 Å². The zero-order valence-corrected chi connectivity index (χ0v) is 8.30. The topological polar surface area (TPSA) is 23.5 Å². The van der Waals surface area contributed by atoms with Crippen molar-refractivity contribution in [3.05, 3.63) is 66.2 Å². The summed E-state index contributed by atoms with van der Waals surface area (Å²) in [6, 6.07) is 20.0. The maximum atomic E-state index is 9.79. The standard InChI is InChI=1S/C13H12NO/c15-14(13-9-5-2-6-10-13)11-12-7-3-1-4-8-12/h1-5,7-10,15H,11H2. The van der Waals surface area contributed by atoms with E-state index in [1.807, 2.05) is 42.5 Å². The Morgan fingerprint density at radius 2 is 1.87 bits per heavy atom. The molecule has 2 nitrogen and oxygen atoms in total. The molecule has 0 amide bonds. The van der Waals surface area contributed by atoms with Crippen LogP contribution >= 0.6 is 0 Å². The second-order valence-electron chi connectivity index (χ2n) is 3.30. The van der Waals surface area contributed by atoms with Crippen LogP contribution in [0.2, 0.25) is 0 Å². The molecule has 0 spiro atoms. The van der Waals surface area contributed by atoms with Crippen molar-refractivity contribution in [2.75, 3.05) is 5.06 Å². The highest BCUT2D eigenvalue weighted by Crippen LogP contribution is 2.13. The Bertz CT molecular complexity index is 399. The summed E-state index contributed by atoms with van der Waals surface area (Å²) in [5, 5.41) is 11.0. The average molecular weight is 198 g/mol. The van der Waals surface area contributed by atoms with E-state index in [0.717, 1.165) is 11.3 Å². The van der Waals surface area contributed by atoms with E-state index in [2.05, 4.69) is 6.07 Å². The molecule has 0 saturated heterocycles. The normalized spacial score (nSPS) is 9.93. The molecule has 0 atom stereocenters. The fourth-order valence-corrected chi connectivity index (χ4v) is 1.39. The summed E-state index contributed by atoms with van der Waals surface area (Å²) >= 11 is 0. The first kappa shape index (κ1) is 9.74. The molecule has 0 heterocycles. The van der Waals surface area contributed by atoms with Crippen LogP contribution in [0.5, 0.6) is 0 Å². The van der Waals surface area contributed by atoms with Crippen LogP contribution in [0, 0.1) is 6.07 Å². The molecule has 2 rings (SSSR count). The lowest BCUT2D eigenvalue weighted by Gasteiger charge is -2.16. The maximum Gasteiger partial charge on any atom is 0.0703 e. The predicted octanol–water partition coefficient (Wildman–Crippen LogP) is 2.88. The second kappa shape index (κ2) is 4.62. The van der Waals surface area contributed by atoms with Gasteiger partial charge in [-0.3, -0.25) is 10.3 Å². The summed E-state index contributed by atoms with van der Waals surface area (Å²) in [6.07, 6.45) is 0. The van der Waals surface area contributed by atoms with Crippen molar-refractivity contribution in [2.45, 2.75) is 6.54 Å². The summed E-state index contributed by atoms with van der Waals surface area (Å²) in [5.41, 5.74) is 1.82. The number of rotatable bonds is 3. The number of hydroxylamine groups is 1. The summed E-state index contributed by atoms with van der Waals surface area (Å²) in [4.78, 5) is 0. The monoisotopic (exact) mass is 198 g/mol. The second-order valence-corrected chi connectivity index (χ2v) is 3.30. The Balaban J connectivity index is 2.08. The van der Waals surface area contributed by atoms with Crippen molar-refractivity contribution in [3.8, 4) is 0 Å². The van der Waals surface area contributed by atoms with E-state index in [-0.39, 0.29) is 0 Å². The van der Waals surface area contributed by atoms with E-state index in [1.165, 1.54) is 5.06 Å². The molecule has 2 aromatic rings. The van der Waals surface area contributed by atoms with Gasteiger partial charge in [-0.05, 0) is 23.8 Å². The van der Waals surface area contributed by atoms with E-state index in [0.29, 0.717) is 6.54 Å². The van der Waals surface area contributed by atoms with Crippen LogP contribution in [0.4, 0.5) is 5.69 Å². The Labute approximate surface area is 89.4 Å². The quantitative estimate of drug-likeness (QED) is 0.766. The summed E-state index contributed by atoms with van der Waals surface area (Å²) in [6.45, 7) is 0.485. The summed E-state index contributed by atoms with van der Waals surface area (Å²) < 4.78 is 0. The van der Waals surface area contributed by atoms with Crippen LogP contribution in [0.25, 0.3) is 0 Å². The van der Waals surface area contributed by atoms with E-state index in [9.17, 15) is 5.21 Å². The first-order valence-corrected chi connectivity index (χ1v) is 4.83. The molecular weight excluding hydrogens is 186 g/mol. The smallest absolute Gasteiger partial charge is 0.0703 e. The highest BCUT2D eigenvalue weighted by molar-refractivity contribution is 5.43. The van der Waals surface area contributed by atoms with Crippen LogP contribution in [0.15, 0.2) is 54.6 Å². The molecule has 0 aliphatic rings. The van der Waals surface area contributed by atoms with Crippen molar-refractivity contribution < 1.29 is 5.21 Å². The van der Waals surface area contributed by atoms with Crippen LogP contribution in [0.3, 0.4) is 0 Å². The van der Waals surface area contributed by atoms with Gasteiger partial charge in [-0.2, -0.15) is 0 Å². The zero-order valence-electron chi connectivity index (χ0n) is 8.30. The van der Waals surface area contributed by atoms with Gasteiger partial charge in [0.2, 0.25) is 0 Å². The molecule has 1 N–H and O–H groups in total. The van der Waals surface area contributed by atoms with Gasteiger partial charge in [0, 0.05) is 0 Å². The lowest BCUT2D eigenvalue weighted by molar-refractivity contribution is 0.250.